The Morgan fingerprint density at radius 1 is 1.47 bits per heavy atom. The number of aromatic amines is 1. The van der Waals surface area contributed by atoms with Gasteiger partial charge >= 0.3 is 0 Å². The topological polar surface area (TPSA) is 20.7 Å². The van der Waals surface area contributed by atoms with Gasteiger partial charge in [-0.1, -0.05) is 19.1 Å². The molecule has 0 spiro atoms. The lowest BCUT2D eigenvalue weighted by Gasteiger charge is -2.12. The lowest BCUT2D eigenvalue weighted by molar-refractivity contribution is 0.433. The maximum Gasteiger partial charge on any atom is 0.178 e. The van der Waals surface area contributed by atoms with Gasteiger partial charge in [0.05, 0.1) is 11.0 Å². The van der Waals surface area contributed by atoms with Crippen molar-refractivity contribution < 1.29 is 0 Å². The summed E-state index contributed by atoms with van der Waals surface area (Å²) in [6.45, 7) is 5.55. The molecule has 1 aromatic heterocycles. The van der Waals surface area contributed by atoms with Gasteiger partial charge in [0.25, 0.3) is 0 Å². The van der Waals surface area contributed by atoms with E-state index in [0.717, 1.165) is 28.7 Å². The first-order chi connectivity index (χ1) is 8.16. The number of hydrogen-bond donors (Lipinski definition) is 1. The fraction of sp³-hybridized carbons (Fsp3) is 0.500. The van der Waals surface area contributed by atoms with Gasteiger partial charge in [-0.15, -0.1) is 0 Å². The Labute approximate surface area is 107 Å². The molecule has 0 aliphatic heterocycles. The zero-order valence-electron chi connectivity index (χ0n) is 10.4. The van der Waals surface area contributed by atoms with Crippen molar-refractivity contribution in [2.45, 2.75) is 33.2 Å². The molecule has 3 rings (SSSR count). The number of benzene rings is 1. The van der Waals surface area contributed by atoms with E-state index in [9.17, 15) is 0 Å². The molecule has 1 saturated carbocycles. The van der Waals surface area contributed by atoms with Crippen LogP contribution < -0.4 is 0 Å². The van der Waals surface area contributed by atoms with Crippen molar-refractivity contribution >= 4 is 23.3 Å². The molecule has 1 aromatic carbocycles. The normalized spacial score (nSPS) is 17.5. The van der Waals surface area contributed by atoms with Crippen molar-refractivity contribution in [1.29, 1.82) is 0 Å². The Kier molecular flexibility index (Phi) is 2.58. The molecule has 1 unspecified atom stereocenters. The third-order valence-electron chi connectivity index (χ3n) is 3.89. The molecule has 1 heterocycles. The number of fused-ring (bicyclic) bond motifs is 1. The fourth-order valence-electron chi connectivity index (χ4n) is 2.68. The average Bonchev–Trinajstić information content (AvgIpc) is 3.06. The van der Waals surface area contributed by atoms with Crippen LogP contribution in [-0.2, 0) is 6.54 Å². The number of rotatable bonds is 3. The first-order valence-electron chi connectivity index (χ1n) is 6.35. The number of H-pyrrole nitrogens is 1. The number of nitrogens with zero attached hydrogens (tertiary/aromatic N) is 1. The number of aromatic nitrogens is 2. The molecule has 0 saturated heterocycles. The second-order valence-corrected chi connectivity index (χ2v) is 5.71. The molecule has 1 aliphatic carbocycles. The molecular formula is C14H18N2S. The van der Waals surface area contributed by atoms with E-state index in [2.05, 4.69) is 41.6 Å². The van der Waals surface area contributed by atoms with Gasteiger partial charge in [-0.2, -0.15) is 0 Å². The molecule has 2 nitrogen and oxygen atoms in total. The molecule has 0 bridgehead atoms. The van der Waals surface area contributed by atoms with Gasteiger partial charge in [0.15, 0.2) is 4.77 Å². The highest BCUT2D eigenvalue weighted by atomic mass is 32.1. The van der Waals surface area contributed by atoms with E-state index in [4.69, 9.17) is 12.2 Å². The molecule has 1 atom stereocenters. The minimum absolute atomic E-state index is 0.736. The monoisotopic (exact) mass is 246 g/mol. The van der Waals surface area contributed by atoms with Crippen LogP contribution in [0, 0.1) is 23.5 Å². The van der Waals surface area contributed by atoms with Crippen molar-refractivity contribution in [1.82, 2.24) is 9.55 Å². The summed E-state index contributed by atoms with van der Waals surface area (Å²) >= 11 is 5.45. The van der Waals surface area contributed by atoms with Gasteiger partial charge in [0.1, 0.15) is 0 Å². The van der Waals surface area contributed by atoms with Crippen molar-refractivity contribution in [3.05, 3.63) is 28.5 Å². The Morgan fingerprint density at radius 2 is 2.24 bits per heavy atom. The van der Waals surface area contributed by atoms with Gasteiger partial charge in [0.2, 0.25) is 0 Å². The number of hydrogen-bond acceptors (Lipinski definition) is 1. The van der Waals surface area contributed by atoms with Crippen molar-refractivity contribution in [2.24, 2.45) is 11.8 Å². The lowest BCUT2D eigenvalue weighted by atomic mass is 10.1. The number of para-hydroxylation sites is 1. The van der Waals surface area contributed by atoms with Crippen LogP contribution in [0.2, 0.25) is 0 Å². The first kappa shape index (κ1) is 11.0. The smallest absolute Gasteiger partial charge is 0.178 e. The van der Waals surface area contributed by atoms with E-state index in [1.807, 2.05) is 0 Å². The summed E-state index contributed by atoms with van der Waals surface area (Å²) in [7, 11) is 0. The second kappa shape index (κ2) is 3.98. The SMILES string of the molecule is Cc1cccc2[nH]c(=S)n(CC(C)C3CC3)c12. The summed E-state index contributed by atoms with van der Waals surface area (Å²) in [6, 6.07) is 6.34. The van der Waals surface area contributed by atoms with Crippen LogP contribution in [0.25, 0.3) is 11.0 Å². The molecule has 1 aliphatic rings. The molecule has 3 heteroatoms. The zero-order valence-corrected chi connectivity index (χ0v) is 11.2. The Bertz CT molecular complexity index is 604. The summed E-state index contributed by atoms with van der Waals surface area (Å²) in [6.07, 6.45) is 2.80. The standard InChI is InChI=1S/C14H18N2S/c1-9-4-3-5-12-13(9)16(14(17)15-12)8-10(2)11-6-7-11/h3-5,10-11H,6-8H2,1-2H3,(H,15,17). The zero-order chi connectivity index (χ0) is 12.0. The van der Waals surface area contributed by atoms with Gasteiger partial charge in [-0.05, 0) is 55.4 Å². The van der Waals surface area contributed by atoms with Crippen LogP contribution in [0.15, 0.2) is 18.2 Å². The number of nitrogens with one attached hydrogen (secondary N) is 1. The van der Waals surface area contributed by atoms with Gasteiger partial charge in [-0.3, -0.25) is 0 Å². The van der Waals surface area contributed by atoms with Crippen LogP contribution in [0.5, 0.6) is 0 Å². The summed E-state index contributed by atoms with van der Waals surface area (Å²) in [5.41, 5.74) is 3.75. The van der Waals surface area contributed by atoms with Crippen LogP contribution in [-0.4, -0.2) is 9.55 Å². The van der Waals surface area contributed by atoms with Crippen LogP contribution in [0.1, 0.15) is 25.3 Å². The van der Waals surface area contributed by atoms with E-state index in [1.54, 1.807) is 0 Å². The number of aryl methyl sites for hydroxylation is 1. The predicted octanol–water partition coefficient (Wildman–Crippen LogP) is 4.05. The highest BCUT2D eigenvalue weighted by Gasteiger charge is 2.28. The molecule has 0 amide bonds. The highest BCUT2D eigenvalue weighted by Crippen LogP contribution is 2.37. The molecule has 17 heavy (non-hydrogen) atoms. The number of imidazole rings is 1. The van der Waals surface area contributed by atoms with Crippen molar-refractivity contribution in [3.63, 3.8) is 0 Å². The lowest BCUT2D eigenvalue weighted by Crippen LogP contribution is -2.09. The van der Waals surface area contributed by atoms with Gasteiger partial charge < -0.3 is 9.55 Å². The van der Waals surface area contributed by atoms with Gasteiger partial charge in [-0.25, -0.2) is 0 Å². The summed E-state index contributed by atoms with van der Waals surface area (Å²) in [4.78, 5) is 3.31. The third kappa shape index (κ3) is 1.93. The van der Waals surface area contributed by atoms with E-state index in [1.165, 1.54) is 23.9 Å². The fourth-order valence-corrected chi connectivity index (χ4v) is 2.95. The van der Waals surface area contributed by atoms with E-state index in [-0.39, 0.29) is 0 Å². The molecular weight excluding hydrogens is 228 g/mol. The van der Waals surface area contributed by atoms with Gasteiger partial charge in [0, 0.05) is 6.54 Å². The van der Waals surface area contributed by atoms with E-state index in [0.29, 0.717) is 0 Å². The summed E-state index contributed by atoms with van der Waals surface area (Å²) < 4.78 is 3.14. The molecule has 90 valence electrons. The van der Waals surface area contributed by atoms with Crippen molar-refractivity contribution in [3.8, 4) is 0 Å². The second-order valence-electron chi connectivity index (χ2n) is 5.33. The third-order valence-corrected chi connectivity index (χ3v) is 4.21. The van der Waals surface area contributed by atoms with Crippen LogP contribution in [0.4, 0.5) is 0 Å². The summed E-state index contributed by atoms with van der Waals surface area (Å²) in [5, 5.41) is 0. The molecule has 1 fully saturated rings. The maximum atomic E-state index is 5.45. The molecule has 2 aromatic rings. The van der Waals surface area contributed by atoms with Crippen LogP contribution >= 0.6 is 12.2 Å². The largest absolute Gasteiger partial charge is 0.331 e. The van der Waals surface area contributed by atoms with E-state index >= 15 is 0 Å². The van der Waals surface area contributed by atoms with Crippen LogP contribution in [0.3, 0.4) is 0 Å². The van der Waals surface area contributed by atoms with Crippen molar-refractivity contribution in [2.75, 3.05) is 0 Å². The Morgan fingerprint density at radius 3 is 2.94 bits per heavy atom. The van der Waals surface area contributed by atoms with E-state index < -0.39 is 0 Å². The predicted molar refractivity (Wildman–Crippen MR) is 73.7 cm³/mol. The Hall–Kier alpha value is -1.09. The molecule has 1 N–H and O–H groups in total. The minimum Gasteiger partial charge on any atom is -0.331 e. The average molecular weight is 246 g/mol. The Balaban J connectivity index is 2.07. The first-order valence-corrected chi connectivity index (χ1v) is 6.76. The summed E-state index contributed by atoms with van der Waals surface area (Å²) in [5.74, 6) is 1.66. The quantitative estimate of drug-likeness (QED) is 0.810. The maximum absolute atomic E-state index is 5.45. The minimum atomic E-state index is 0.736. The highest BCUT2D eigenvalue weighted by molar-refractivity contribution is 7.71. The molecule has 0 radical (unpaired) electrons.